The second kappa shape index (κ2) is 8.57. The lowest BCUT2D eigenvalue weighted by molar-refractivity contribution is -0.114. The van der Waals surface area contributed by atoms with Crippen molar-refractivity contribution >= 4 is 17.5 Å². The van der Waals surface area contributed by atoms with Crippen LogP contribution in [0, 0.1) is 0 Å². The topological polar surface area (TPSA) is 76.7 Å². The zero-order valence-electron chi connectivity index (χ0n) is 13.7. The van der Waals surface area contributed by atoms with Crippen LogP contribution in [-0.2, 0) is 4.79 Å². The highest BCUT2D eigenvalue weighted by atomic mass is 16.5. The zero-order valence-corrected chi connectivity index (χ0v) is 13.7. The Balaban J connectivity index is 1.77. The first-order valence-electron chi connectivity index (χ1n) is 7.51. The molecule has 24 heavy (non-hydrogen) atoms. The van der Waals surface area contributed by atoms with E-state index in [0.29, 0.717) is 30.2 Å². The molecule has 0 aliphatic rings. The molecule has 0 fully saturated rings. The van der Waals surface area contributed by atoms with Crippen LogP contribution in [0.1, 0.15) is 17.3 Å². The maximum atomic E-state index is 12.0. The number of methoxy groups -OCH3 is 1. The normalized spacial score (nSPS) is 9.92. The summed E-state index contributed by atoms with van der Waals surface area (Å²) in [5.74, 6) is 1.06. The lowest BCUT2D eigenvalue weighted by Gasteiger charge is -2.09. The SMILES string of the molecule is COc1cccc(OCCNC(=O)c2ccc(NC(C)=O)cc2)c1. The van der Waals surface area contributed by atoms with Gasteiger partial charge in [0.2, 0.25) is 5.91 Å². The highest BCUT2D eigenvalue weighted by Gasteiger charge is 2.05. The average Bonchev–Trinajstić information content (AvgIpc) is 2.59. The number of rotatable bonds is 7. The van der Waals surface area contributed by atoms with Gasteiger partial charge in [-0.3, -0.25) is 9.59 Å². The third-order valence-corrected chi connectivity index (χ3v) is 3.17. The van der Waals surface area contributed by atoms with E-state index in [1.807, 2.05) is 18.2 Å². The van der Waals surface area contributed by atoms with Crippen LogP contribution in [0.5, 0.6) is 11.5 Å². The number of hydrogen-bond donors (Lipinski definition) is 2. The third-order valence-electron chi connectivity index (χ3n) is 3.17. The van der Waals surface area contributed by atoms with Crippen molar-refractivity contribution in [2.24, 2.45) is 0 Å². The van der Waals surface area contributed by atoms with Crippen LogP contribution in [0.3, 0.4) is 0 Å². The van der Waals surface area contributed by atoms with Gasteiger partial charge in [0.25, 0.3) is 5.91 Å². The van der Waals surface area contributed by atoms with Gasteiger partial charge in [-0.25, -0.2) is 0 Å². The van der Waals surface area contributed by atoms with Gasteiger partial charge >= 0.3 is 0 Å². The molecule has 2 aromatic rings. The number of benzene rings is 2. The first-order chi connectivity index (χ1) is 11.6. The summed E-state index contributed by atoms with van der Waals surface area (Å²) in [7, 11) is 1.59. The Morgan fingerprint density at radius 2 is 1.75 bits per heavy atom. The largest absolute Gasteiger partial charge is 0.497 e. The molecule has 2 aromatic carbocycles. The van der Waals surface area contributed by atoms with E-state index in [1.165, 1.54) is 6.92 Å². The van der Waals surface area contributed by atoms with Gasteiger partial charge < -0.3 is 20.1 Å². The second-order valence-corrected chi connectivity index (χ2v) is 5.04. The zero-order chi connectivity index (χ0) is 17.4. The fourth-order valence-corrected chi connectivity index (χ4v) is 2.03. The van der Waals surface area contributed by atoms with Crippen molar-refractivity contribution in [2.75, 3.05) is 25.6 Å². The minimum absolute atomic E-state index is 0.151. The predicted molar refractivity (Wildman–Crippen MR) is 91.6 cm³/mol. The molecule has 2 amide bonds. The van der Waals surface area contributed by atoms with Crippen LogP contribution < -0.4 is 20.1 Å². The number of carbonyl (C=O) groups is 2. The Morgan fingerprint density at radius 1 is 1.04 bits per heavy atom. The molecule has 0 bridgehead atoms. The van der Waals surface area contributed by atoms with E-state index in [-0.39, 0.29) is 11.8 Å². The van der Waals surface area contributed by atoms with E-state index in [4.69, 9.17) is 9.47 Å². The molecule has 6 nitrogen and oxygen atoms in total. The molecule has 2 rings (SSSR count). The van der Waals surface area contributed by atoms with Crippen molar-refractivity contribution in [1.82, 2.24) is 5.32 Å². The second-order valence-electron chi connectivity index (χ2n) is 5.04. The average molecular weight is 328 g/mol. The first-order valence-corrected chi connectivity index (χ1v) is 7.51. The molecule has 0 atom stereocenters. The molecule has 0 heterocycles. The summed E-state index contributed by atoms with van der Waals surface area (Å²) in [5, 5.41) is 5.43. The van der Waals surface area contributed by atoms with Crippen LogP contribution >= 0.6 is 0 Å². The van der Waals surface area contributed by atoms with E-state index < -0.39 is 0 Å². The molecular weight excluding hydrogens is 308 g/mol. The van der Waals surface area contributed by atoms with E-state index in [0.717, 1.165) is 5.75 Å². The lowest BCUT2D eigenvalue weighted by Crippen LogP contribution is -2.28. The summed E-state index contributed by atoms with van der Waals surface area (Å²) in [4.78, 5) is 23.0. The number of carbonyl (C=O) groups excluding carboxylic acids is 2. The van der Waals surface area contributed by atoms with E-state index in [1.54, 1.807) is 37.4 Å². The molecule has 0 unspecified atom stereocenters. The monoisotopic (exact) mass is 328 g/mol. The standard InChI is InChI=1S/C18H20N2O4/c1-13(21)20-15-8-6-14(7-9-15)18(22)19-10-11-24-17-5-3-4-16(12-17)23-2/h3-9,12H,10-11H2,1-2H3,(H,19,22)(H,20,21). The summed E-state index contributed by atoms with van der Waals surface area (Å²) in [6, 6.07) is 14.0. The van der Waals surface area contributed by atoms with Gasteiger partial charge in [0.1, 0.15) is 18.1 Å². The quantitative estimate of drug-likeness (QED) is 0.766. The lowest BCUT2D eigenvalue weighted by atomic mass is 10.2. The Labute approximate surface area is 140 Å². The molecule has 0 radical (unpaired) electrons. The Hall–Kier alpha value is -3.02. The van der Waals surface area contributed by atoms with Gasteiger partial charge in [0.15, 0.2) is 0 Å². The Bertz CT molecular complexity index is 698. The van der Waals surface area contributed by atoms with E-state index in [2.05, 4.69) is 10.6 Å². The number of hydrogen-bond acceptors (Lipinski definition) is 4. The van der Waals surface area contributed by atoms with Gasteiger partial charge in [-0.05, 0) is 36.4 Å². The van der Waals surface area contributed by atoms with Crippen LogP contribution in [0.25, 0.3) is 0 Å². The molecule has 0 aromatic heterocycles. The van der Waals surface area contributed by atoms with Crippen LogP contribution in [0.2, 0.25) is 0 Å². The summed E-state index contributed by atoms with van der Waals surface area (Å²) in [6.07, 6.45) is 0. The van der Waals surface area contributed by atoms with Crippen LogP contribution in [0.4, 0.5) is 5.69 Å². The third kappa shape index (κ3) is 5.31. The molecule has 0 spiro atoms. The summed E-state index contributed by atoms with van der Waals surface area (Å²) >= 11 is 0. The van der Waals surface area contributed by atoms with Crippen molar-refractivity contribution in [3.63, 3.8) is 0 Å². The molecular formula is C18H20N2O4. The number of amides is 2. The Morgan fingerprint density at radius 3 is 2.42 bits per heavy atom. The highest BCUT2D eigenvalue weighted by molar-refractivity contribution is 5.95. The maximum absolute atomic E-state index is 12.0. The fraction of sp³-hybridized carbons (Fsp3) is 0.222. The molecule has 0 saturated heterocycles. The highest BCUT2D eigenvalue weighted by Crippen LogP contribution is 2.18. The van der Waals surface area contributed by atoms with Gasteiger partial charge in [-0.15, -0.1) is 0 Å². The van der Waals surface area contributed by atoms with Crippen molar-refractivity contribution in [1.29, 1.82) is 0 Å². The minimum atomic E-state index is -0.196. The molecule has 2 N–H and O–H groups in total. The summed E-state index contributed by atoms with van der Waals surface area (Å²) < 4.78 is 10.7. The minimum Gasteiger partial charge on any atom is -0.497 e. The smallest absolute Gasteiger partial charge is 0.251 e. The summed E-state index contributed by atoms with van der Waals surface area (Å²) in [6.45, 7) is 2.16. The molecule has 0 aliphatic heterocycles. The maximum Gasteiger partial charge on any atom is 0.251 e. The predicted octanol–water partition coefficient (Wildman–Crippen LogP) is 2.46. The number of anilines is 1. The van der Waals surface area contributed by atoms with E-state index >= 15 is 0 Å². The molecule has 126 valence electrons. The van der Waals surface area contributed by atoms with Crippen molar-refractivity contribution < 1.29 is 19.1 Å². The first kappa shape index (κ1) is 17.3. The van der Waals surface area contributed by atoms with Gasteiger partial charge in [0.05, 0.1) is 13.7 Å². The van der Waals surface area contributed by atoms with Gasteiger partial charge in [-0.1, -0.05) is 6.07 Å². The number of ether oxygens (including phenoxy) is 2. The molecule has 6 heteroatoms. The van der Waals surface area contributed by atoms with Gasteiger partial charge in [0, 0.05) is 24.2 Å². The Kier molecular flexibility index (Phi) is 6.19. The van der Waals surface area contributed by atoms with Crippen molar-refractivity contribution in [3.8, 4) is 11.5 Å². The van der Waals surface area contributed by atoms with E-state index in [9.17, 15) is 9.59 Å². The van der Waals surface area contributed by atoms with Crippen molar-refractivity contribution in [2.45, 2.75) is 6.92 Å². The van der Waals surface area contributed by atoms with Crippen molar-refractivity contribution in [3.05, 3.63) is 54.1 Å². The van der Waals surface area contributed by atoms with Gasteiger partial charge in [-0.2, -0.15) is 0 Å². The van der Waals surface area contributed by atoms with Crippen LogP contribution in [0.15, 0.2) is 48.5 Å². The summed E-state index contributed by atoms with van der Waals surface area (Å²) in [5.41, 5.74) is 1.17. The fourth-order valence-electron chi connectivity index (χ4n) is 2.03. The molecule has 0 aliphatic carbocycles. The molecule has 0 saturated carbocycles. The van der Waals surface area contributed by atoms with Crippen LogP contribution in [-0.4, -0.2) is 32.1 Å². The number of nitrogens with one attached hydrogen (secondary N) is 2.